The third kappa shape index (κ3) is 5.74. The lowest BCUT2D eigenvalue weighted by Crippen LogP contribution is -2.48. The first kappa shape index (κ1) is 28.5. The Balaban J connectivity index is 1.30. The van der Waals surface area contributed by atoms with Gasteiger partial charge < -0.3 is 9.14 Å². The Hall–Kier alpha value is -4.58. The molecule has 0 amide bonds. The van der Waals surface area contributed by atoms with E-state index in [9.17, 15) is 18.5 Å². The lowest BCUT2D eigenvalue weighted by molar-refractivity contribution is -0.384. The number of piperazine rings is 1. The van der Waals surface area contributed by atoms with Crippen LogP contribution in [0.4, 0.5) is 5.69 Å². The number of benzene rings is 3. The highest BCUT2D eigenvalue weighted by Gasteiger charge is 2.30. The number of aromatic nitrogens is 2. The zero-order valence-electron chi connectivity index (χ0n) is 23.9. The number of nitrogens with zero attached hydrogens (tertiary/aromatic N) is 5. The number of sulfonamides is 1. The van der Waals surface area contributed by atoms with Gasteiger partial charge in [0.1, 0.15) is 11.4 Å². The highest BCUT2D eigenvalue weighted by atomic mass is 32.2. The lowest BCUT2D eigenvalue weighted by atomic mass is 10.1. The second kappa shape index (κ2) is 11.6. The standard InChI is InChI=1S/C32H31N5O5S/c1-23-5-3-6-24(19-23)26-9-14-31-33-32(25-7-4-8-28(20-25)42-2)30(36(31)21-26)22-34-15-17-35(18-16-34)43(40,41)29-12-10-27(11-13-29)37(38)39/h3-14,19-21H,15-18,22H2,1-2H3. The molecule has 3 aromatic carbocycles. The predicted octanol–water partition coefficient (Wildman–Crippen LogP) is 5.40. The fourth-order valence-electron chi connectivity index (χ4n) is 5.47. The summed E-state index contributed by atoms with van der Waals surface area (Å²) in [6.45, 7) is 4.30. The summed E-state index contributed by atoms with van der Waals surface area (Å²) >= 11 is 0. The van der Waals surface area contributed by atoms with E-state index < -0.39 is 14.9 Å². The van der Waals surface area contributed by atoms with Gasteiger partial charge in [-0.25, -0.2) is 13.4 Å². The minimum Gasteiger partial charge on any atom is -0.497 e. The number of methoxy groups -OCH3 is 1. The molecule has 0 aliphatic carbocycles. The van der Waals surface area contributed by atoms with Crippen molar-refractivity contribution in [1.29, 1.82) is 0 Å². The zero-order chi connectivity index (χ0) is 30.1. The van der Waals surface area contributed by atoms with E-state index in [1.807, 2.05) is 30.3 Å². The molecular weight excluding hydrogens is 566 g/mol. The van der Waals surface area contributed by atoms with Gasteiger partial charge in [-0.05, 0) is 54.4 Å². The van der Waals surface area contributed by atoms with Crippen LogP contribution in [0.2, 0.25) is 0 Å². The molecule has 0 N–H and O–H groups in total. The van der Waals surface area contributed by atoms with Crippen LogP contribution in [-0.2, 0) is 16.6 Å². The molecule has 1 fully saturated rings. The molecule has 3 heterocycles. The quantitative estimate of drug-likeness (QED) is 0.174. The number of imidazole rings is 1. The topological polar surface area (TPSA) is 110 Å². The first-order chi connectivity index (χ1) is 20.7. The molecule has 0 atom stereocenters. The van der Waals surface area contributed by atoms with E-state index in [-0.39, 0.29) is 10.6 Å². The summed E-state index contributed by atoms with van der Waals surface area (Å²) in [6, 6.07) is 25.4. The van der Waals surface area contributed by atoms with Gasteiger partial charge >= 0.3 is 0 Å². The van der Waals surface area contributed by atoms with Crippen LogP contribution in [0.5, 0.6) is 5.75 Å². The number of ether oxygens (including phenoxy) is 1. The fraction of sp³-hybridized carbons (Fsp3) is 0.219. The molecule has 1 aliphatic heterocycles. The Morgan fingerprint density at radius 1 is 0.884 bits per heavy atom. The van der Waals surface area contributed by atoms with Crippen LogP contribution in [0, 0.1) is 17.0 Å². The van der Waals surface area contributed by atoms with Gasteiger partial charge in [0.15, 0.2) is 0 Å². The second-order valence-corrected chi connectivity index (χ2v) is 12.5. The number of non-ortho nitro benzene ring substituents is 1. The van der Waals surface area contributed by atoms with Crippen LogP contribution in [-0.4, -0.2) is 65.2 Å². The van der Waals surface area contributed by atoms with Crippen molar-refractivity contribution < 1.29 is 18.1 Å². The Morgan fingerprint density at radius 3 is 2.30 bits per heavy atom. The predicted molar refractivity (Wildman–Crippen MR) is 164 cm³/mol. The zero-order valence-corrected chi connectivity index (χ0v) is 24.7. The number of pyridine rings is 1. The third-order valence-corrected chi connectivity index (χ3v) is 9.71. The maximum Gasteiger partial charge on any atom is 0.269 e. The molecule has 6 rings (SSSR count). The minimum absolute atomic E-state index is 0.0531. The van der Waals surface area contributed by atoms with Crippen molar-refractivity contribution in [3.05, 3.63) is 112 Å². The SMILES string of the molecule is COc1cccc(-c2nc3ccc(-c4cccc(C)c4)cn3c2CN2CCN(S(=O)(=O)c3ccc([N+](=O)[O-])cc3)CC2)c1. The molecule has 1 aliphatic rings. The number of nitro benzene ring substituents is 1. The summed E-state index contributed by atoms with van der Waals surface area (Å²) in [5.41, 5.74) is 6.85. The monoisotopic (exact) mass is 597 g/mol. The number of fused-ring (bicyclic) bond motifs is 1. The van der Waals surface area contributed by atoms with Crippen molar-refractivity contribution in [2.75, 3.05) is 33.3 Å². The van der Waals surface area contributed by atoms with Crippen molar-refractivity contribution in [1.82, 2.24) is 18.6 Å². The molecule has 220 valence electrons. The van der Waals surface area contributed by atoms with E-state index in [0.717, 1.165) is 39.5 Å². The molecule has 0 bridgehead atoms. The minimum atomic E-state index is -3.77. The van der Waals surface area contributed by atoms with Crippen molar-refractivity contribution >= 4 is 21.4 Å². The van der Waals surface area contributed by atoms with Crippen LogP contribution in [0.3, 0.4) is 0 Å². The summed E-state index contributed by atoms with van der Waals surface area (Å²) in [6.07, 6.45) is 2.12. The number of rotatable bonds is 8. The Bertz CT molecular complexity index is 1910. The van der Waals surface area contributed by atoms with Crippen molar-refractivity contribution in [3.63, 3.8) is 0 Å². The van der Waals surface area contributed by atoms with E-state index >= 15 is 0 Å². The molecule has 43 heavy (non-hydrogen) atoms. The van der Waals surface area contributed by atoms with E-state index in [4.69, 9.17) is 9.72 Å². The van der Waals surface area contributed by atoms with Gasteiger partial charge in [-0.3, -0.25) is 15.0 Å². The van der Waals surface area contributed by atoms with E-state index in [2.05, 4.69) is 52.8 Å². The van der Waals surface area contributed by atoms with Crippen LogP contribution in [0.1, 0.15) is 11.3 Å². The number of hydrogen-bond acceptors (Lipinski definition) is 7. The molecule has 0 spiro atoms. The first-order valence-corrected chi connectivity index (χ1v) is 15.4. The number of aryl methyl sites for hydroxylation is 1. The molecule has 5 aromatic rings. The van der Waals surface area contributed by atoms with Crippen LogP contribution in [0.15, 0.2) is 96.0 Å². The highest BCUT2D eigenvalue weighted by molar-refractivity contribution is 7.89. The Kier molecular flexibility index (Phi) is 7.70. The Labute approximate surface area is 250 Å². The summed E-state index contributed by atoms with van der Waals surface area (Å²) in [7, 11) is -2.13. The number of nitro groups is 1. The van der Waals surface area contributed by atoms with Gasteiger partial charge in [0.2, 0.25) is 10.0 Å². The smallest absolute Gasteiger partial charge is 0.269 e. The van der Waals surface area contributed by atoms with Crippen LogP contribution < -0.4 is 4.74 Å². The van der Waals surface area contributed by atoms with Crippen molar-refractivity contribution in [3.8, 4) is 28.1 Å². The highest BCUT2D eigenvalue weighted by Crippen LogP contribution is 2.31. The molecule has 11 heteroatoms. The van der Waals surface area contributed by atoms with Crippen LogP contribution >= 0.6 is 0 Å². The normalized spacial score (nSPS) is 14.7. The summed E-state index contributed by atoms with van der Waals surface area (Å²) in [5, 5.41) is 11.0. The molecule has 0 saturated carbocycles. The fourth-order valence-corrected chi connectivity index (χ4v) is 6.89. The van der Waals surface area contributed by atoms with Gasteiger partial charge in [0.05, 0.1) is 28.3 Å². The average molecular weight is 598 g/mol. The second-order valence-electron chi connectivity index (χ2n) is 10.6. The molecule has 2 aromatic heterocycles. The van der Waals surface area contributed by atoms with E-state index in [0.29, 0.717) is 32.7 Å². The molecular formula is C32H31N5O5S. The van der Waals surface area contributed by atoms with E-state index in [1.54, 1.807) is 7.11 Å². The summed E-state index contributed by atoms with van der Waals surface area (Å²) in [4.78, 5) is 17.7. The van der Waals surface area contributed by atoms with Gasteiger partial charge in [-0.15, -0.1) is 0 Å². The lowest BCUT2D eigenvalue weighted by Gasteiger charge is -2.34. The molecule has 0 unspecified atom stereocenters. The van der Waals surface area contributed by atoms with Crippen LogP contribution in [0.25, 0.3) is 28.0 Å². The maximum absolute atomic E-state index is 13.3. The average Bonchev–Trinajstić information content (AvgIpc) is 3.38. The molecule has 10 nitrogen and oxygen atoms in total. The summed E-state index contributed by atoms with van der Waals surface area (Å²) < 4.78 is 35.6. The summed E-state index contributed by atoms with van der Waals surface area (Å²) in [5.74, 6) is 0.742. The maximum atomic E-state index is 13.3. The van der Waals surface area contributed by atoms with Gasteiger partial charge in [0, 0.05) is 56.6 Å². The first-order valence-electron chi connectivity index (χ1n) is 13.9. The van der Waals surface area contributed by atoms with Crippen molar-refractivity contribution in [2.24, 2.45) is 0 Å². The van der Waals surface area contributed by atoms with Crippen molar-refractivity contribution in [2.45, 2.75) is 18.4 Å². The molecule has 0 radical (unpaired) electrons. The van der Waals surface area contributed by atoms with E-state index in [1.165, 1.54) is 34.1 Å². The Morgan fingerprint density at radius 2 is 1.60 bits per heavy atom. The largest absolute Gasteiger partial charge is 0.497 e. The molecule has 1 saturated heterocycles. The number of hydrogen-bond donors (Lipinski definition) is 0. The third-order valence-electron chi connectivity index (χ3n) is 7.80. The van der Waals surface area contributed by atoms with Gasteiger partial charge in [-0.2, -0.15) is 4.31 Å². The van der Waals surface area contributed by atoms with Gasteiger partial charge in [-0.1, -0.05) is 42.0 Å². The van der Waals surface area contributed by atoms with Gasteiger partial charge in [0.25, 0.3) is 5.69 Å².